The number of carbonyl (C=O) groups excluding carboxylic acids is 1. The van der Waals surface area contributed by atoms with Crippen molar-refractivity contribution in [3.8, 4) is 0 Å². The van der Waals surface area contributed by atoms with Crippen LogP contribution < -0.4 is 5.32 Å². The number of rotatable bonds is 4. The summed E-state index contributed by atoms with van der Waals surface area (Å²) in [5, 5.41) is 11.5. The van der Waals surface area contributed by atoms with Gasteiger partial charge in [0.25, 0.3) is 5.91 Å². The minimum atomic E-state index is -0.274. The van der Waals surface area contributed by atoms with Gasteiger partial charge in [-0.15, -0.1) is 11.7 Å². The molecule has 0 saturated carbocycles. The number of nitrogens with one attached hydrogen (secondary N) is 1. The van der Waals surface area contributed by atoms with E-state index >= 15 is 0 Å². The summed E-state index contributed by atoms with van der Waals surface area (Å²) in [6.45, 7) is 12.2. The summed E-state index contributed by atoms with van der Waals surface area (Å²) in [6.07, 6.45) is 5.56. The summed E-state index contributed by atoms with van der Waals surface area (Å²) >= 11 is 0. The molecule has 116 valence electrons. The van der Waals surface area contributed by atoms with Crippen molar-refractivity contribution in [1.82, 2.24) is 25.2 Å². The normalized spacial score (nSPS) is 16.7. The first-order valence-corrected chi connectivity index (χ1v) is 7.49. The minimum Gasteiger partial charge on any atom is -0.329 e. The predicted molar refractivity (Wildman–Crippen MR) is 82.1 cm³/mol. The highest BCUT2D eigenvalue weighted by Gasteiger charge is 2.28. The molecule has 0 aromatic carbocycles. The molecule has 0 unspecified atom stereocenters. The van der Waals surface area contributed by atoms with Crippen LogP contribution >= 0.6 is 0 Å². The largest absolute Gasteiger partial charge is 0.329 e. The molecule has 0 aliphatic carbocycles. The van der Waals surface area contributed by atoms with Crippen LogP contribution in [0.5, 0.6) is 0 Å². The van der Waals surface area contributed by atoms with Crippen molar-refractivity contribution in [2.45, 2.75) is 45.2 Å². The highest BCUT2D eigenvalue weighted by molar-refractivity contribution is 5.92. The van der Waals surface area contributed by atoms with E-state index in [1.54, 1.807) is 17.2 Å². The number of nitrogens with zero attached hydrogens (tertiary/aromatic N) is 4. The molecule has 1 N–H and O–H groups in total. The van der Waals surface area contributed by atoms with E-state index < -0.39 is 0 Å². The Morgan fingerprint density at radius 3 is 2.76 bits per heavy atom. The van der Waals surface area contributed by atoms with Gasteiger partial charge < -0.3 is 10.2 Å². The van der Waals surface area contributed by atoms with Gasteiger partial charge in [-0.2, -0.15) is 0 Å². The highest BCUT2D eigenvalue weighted by Crippen LogP contribution is 2.19. The first-order chi connectivity index (χ1) is 9.93. The molecule has 1 aliphatic rings. The van der Waals surface area contributed by atoms with Crippen molar-refractivity contribution in [2.24, 2.45) is 0 Å². The third kappa shape index (κ3) is 3.69. The maximum absolute atomic E-state index is 12.6. The van der Waals surface area contributed by atoms with E-state index in [4.69, 9.17) is 0 Å². The number of aromatic nitrogens is 3. The lowest BCUT2D eigenvalue weighted by atomic mass is 10.1. The molecular formula is C15H25N5O. The smallest absolute Gasteiger partial charge is 0.276 e. The Morgan fingerprint density at radius 1 is 1.52 bits per heavy atom. The molecule has 1 aromatic rings. The van der Waals surface area contributed by atoms with E-state index in [0.29, 0.717) is 18.3 Å². The quantitative estimate of drug-likeness (QED) is 0.856. The lowest BCUT2D eigenvalue weighted by Crippen LogP contribution is -2.45. The van der Waals surface area contributed by atoms with Crippen LogP contribution in [0.25, 0.3) is 0 Å². The molecule has 6 heteroatoms. The van der Waals surface area contributed by atoms with Crippen molar-refractivity contribution in [3.05, 3.63) is 24.5 Å². The maximum atomic E-state index is 12.6. The molecule has 21 heavy (non-hydrogen) atoms. The Hall–Kier alpha value is -1.69. The van der Waals surface area contributed by atoms with Crippen molar-refractivity contribution in [3.63, 3.8) is 0 Å². The number of carbonyl (C=O) groups is 1. The second kappa shape index (κ2) is 6.39. The molecule has 1 aliphatic heterocycles. The standard InChI is InChI=1S/C15H25N5O/c1-5-10-19(15(2,3)4)14(21)13-11-20(18-17-13)12-6-8-16-9-7-12/h5,11-12,16H,1,6-10H2,2-4H3. The molecule has 0 radical (unpaired) electrons. The van der Waals surface area contributed by atoms with Crippen molar-refractivity contribution < 1.29 is 4.79 Å². The topological polar surface area (TPSA) is 63.1 Å². The Labute approximate surface area is 126 Å². The summed E-state index contributed by atoms with van der Waals surface area (Å²) in [6, 6.07) is 0.336. The van der Waals surface area contributed by atoms with Gasteiger partial charge in [0.1, 0.15) is 0 Å². The van der Waals surface area contributed by atoms with Gasteiger partial charge in [-0.3, -0.25) is 4.79 Å². The van der Waals surface area contributed by atoms with E-state index in [-0.39, 0.29) is 11.4 Å². The zero-order chi connectivity index (χ0) is 15.5. The summed E-state index contributed by atoms with van der Waals surface area (Å²) in [5.41, 5.74) is 0.134. The van der Waals surface area contributed by atoms with Gasteiger partial charge in [0, 0.05) is 12.1 Å². The SMILES string of the molecule is C=CCN(C(=O)c1cn(C2CCNCC2)nn1)C(C)(C)C. The van der Waals surface area contributed by atoms with Crippen LogP contribution in [0.15, 0.2) is 18.9 Å². The minimum absolute atomic E-state index is 0.0948. The molecule has 0 atom stereocenters. The average molecular weight is 291 g/mol. The number of hydrogen-bond donors (Lipinski definition) is 1. The van der Waals surface area contributed by atoms with Gasteiger partial charge >= 0.3 is 0 Å². The second-order valence-electron chi connectivity index (χ2n) is 6.44. The lowest BCUT2D eigenvalue weighted by Gasteiger charge is -2.34. The molecule has 1 saturated heterocycles. The zero-order valence-corrected chi connectivity index (χ0v) is 13.2. The van der Waals surface area contributed by atoms with Crippen molar-refractivity contribution in [1.29, 1.82) is 0 Å². The number of amides is 1. The molecule has 2 rings (SSSR count). The Morgan fingerprint density at radius 2 is 2.19 bits per heavy atom. The predicted octanol–water partition coefficient (Wildman–Crippen LogP) is 1.63. The maximum Gasteiger partial charge on any atom is 0.276 e. The molecule has 1 fully saturated rings. The molecular weight excluding hydrogens is 266 g/mol. The van der Waals surface area contributed by atoms with Crippen LogP contribution in [0.1, 0.15) is 50.1 Å². The van der Waals surface area contributed by atoms with Gasteiger partial charge in [-0.1, -0.05) is 11.3 Å². The van der Waals surface area contributed by atoms with Crippen LogP contribution in [0.3, 0.4) is 0 Å². The monoisotopic (exact) mass is 291 g/mol. The van der Waals surface area contributed by atoms with Gasteiger partial charge in [0.15, 0.2) is 5.69 Å². The third-order valence-electron chi connectivity index (χ3n) is 3.78. The summed E-state index contributed by atoms with van der Waals surface area (Å²) in [5.74, 6) is -0.0948. The van der Waals surface area contributed by atoms with Crippen LogP contribution in [0.4, 0.5) is 0 Å². The van der Waals surface area contributed by atoms with E-state index in [0.717, 1.165) is 25.9 Å². The Balaban J connectivity index is 2.15. The van der Waals surface area contributed by atoms with E-state index in [1.807, 2.05) is 25.5 Å². The number of piperidine rings is 1. The van der Waals surface area contributed by atoms with Gasteiger partial charge in [0.2, 0.25) is 0 Å². The van der Waals surface area contributed by atoms with Gasteiger partial charge in [-0.05, 0) is 46.7 Å². The van der Waals surface area contributed by atoms with Crippen LogP contribution in [-0.2, 0) is 0 Å². The van der Waals surface area contributed by atoms with Crippen LogP contribution in [-0.4, -0.2) is 51.0 Å². The molecule has 0 bridgehead atoms. The fraction of sp³-hybridized carbons (Fsp3) is 0.667. The Bertz CT molecular complexity index is 496. The summed E-state index contributed by atoms with van der Waals surface area (Å²) in [4.78, 5) is 14.4. The number of hydrogen-bond acceptors (Lipinski definition) is 4. The van der Waals surface area contributed by atoms with Crippen LogP contribution in [0.2, 0.25) is 0 Å². The molecule has 2 heterocycles. The van der Waals surface area contributed by atoms with E-state index in [9.17, 15) is 4.79 Å². The first kappa shape index (κ1) is 15.7. The van der Waals surface area contributed by atoms with Gasteiger partial charge in [-0.25, -0.2) is 4.68 Å². The molecule has 6 nitrogen and oxygen atoms in total. The fourth-order valence-corrected chi connectivity index (χ4v) is 2.55. The van der Waals surface area contributed by atoms with Crippen molar-refractivity contribution >= 4 is 5.91 Å². The third-order valence-corrected chi connectivity index (χ3v) is 3.78. The molecule has 1 amide bonds. The second-order valence-corrected chi connectivity index (χ2v) is 6.44. The van der Waals surface area contributed by atoms with Crippen LogP contribution in [0, 0.1) is 0 Å². The lowest BCUT2D eigenvalue weighted by molar-refractivity contribution is 0.0610. The summed E-state index contributed by atoms with van der Waals surface area (Å²) < 4.78 is 1.84. The summed E-state index contributed by atoms with van der Waals surface area (Å²) in [7, 11) is 0. The first-order valence-electron chi connectivity index (χ1n) is 7.49. The Kier molecular flexibility index (Phi) is 4.77. The molecule has 0 spiro atoms. The highest BCUT2D eigenvalue weighted by atomic mass is 16.2. The average Bonchev–Trinajstić information content (AvgIpc) is 2.93. The van der Waals surface area contributed by atoms with E-state index in [1.165, 1.54) is 0 Å². The molecule has 1 aromatic heterocycles. The van der Waals surface area contributed by atoms with E-state index in [2.05, 4.69) is 22.2 Å². The fourth-order valence-electron chi connectivity index (χ4n) is 2.55. The van der Waals surface area contributed by atoms with Crippen molar-refractivity contribution in [2.75, 3.05) is 19.6 Å². The zero-order valence-electron chi connectivity index (χ0n) is 13.2. The van der Waals surface area contributed by atoms with Gasteiger partial charge in [0.05, 0.1) is 12.2 Å².